The van der Waals surface area contributed by atoms with Gasteiger partial charge in [-0.3, -0.25) is 0 Å². The average Bonchev–Trinajstić information content (AvgIpc) is 2.33. The molecule has 0 aliphatic carbocycles. The van der Waals surface area contributed by atoms with Crippen molar-refractivity contribution in [1.29, 1.82) is 0 Å². The van der Waals surface area contributed by atoms with Crippen molar-refractivity contribution >= 4 is 0 Å². The molecule has 0 bridgehead atoms. The van der Waals surface area contributed by atoms with Crippen molar-refractivity contribution in [2.24, 2.45) is 0 Å². The van der Waals surface area contributed by atoms with Gasteiger partial charge in [0.15, 0.2) is 17.4 Å². The molecule has 0 atom stereocenters. The van der Waals surface area contributed by atoms with Crippen LogP contribution in [0.4, 0.5) is 13.2 Å². The lowest BCUT2D eigenvalue weighted by Crippen LogP contribution is -1.96. The Morgan fingerprint density at radius 1 is 1.11 bits per heavy atom. The number of aliphatic hydroxyl groups is 1. The maximum absolute atomic E-state index is 13.5. The van der Waals surface area contributed by atoms with Gasteiger partial charge in [-0.25, -0.2) is 13.8 Å². The van der Waals surface area contributed by atoms with E-state index in [1.165, 1.54) is 6.07 Å². The van der Waals surface area contributed by atoms with E-state index in [4.69, 9.17) is 9.84 Å². The number of nitrogens with zero attached hydrogens (tertiary/aromatic N) is 1. The lowest BCUT2D eigenvalue weighted by atomic mass is 10.2. The van der Waals surface area contributed by atoms with Crippen molar-refractivity contribution in [3.63, 3.8) is 0 Å². The molecule has 0 saturated carbocycles. The Bertz CT molecular complexity index is 552. The standard InChI is InChI=1S/C12H8F3NO2/c13-9-3-7(6-17)4-10(14)12(9)18-8-1-2-16-11(15)5-8/h1-5,17H,6H2. The third kappa shape index (κ3) is 2.60. The Labute approximate surface area is 100 Å². The van der Waals surface area contributed by atoms with E-state index in [0.717, 1.165) is 24.4 Å². The number of aromatic nitrogens is 1. The molecule has 2 aromatic rings. The largest absolute Gasteiger partial charge is 0.451 e. The molecular formula is C12H8F3NO2. The highest BCUT2D eigenvalue weighted by molar-refractivity contribution is 5.35. The number of halogens is 3. The van der Waals surface area contributed by atoms with E-state index in [-0.39, 0.29) is 11.3 Å². The van der Waals surface area contributed by atoms with Gasteiger partial charge in [-0.15, -0.1) is 0 Å². The molecule has 0 saturated heterocycles. The fourth-order valence-corrected chi connectivity index (χ4v) is 1.37. The first-order valence-corrected chi connectivity index (χ1v) is 4.98. The van der Waals surface area contributed by atoms with Crippen molar-refractivity contribution in [1.82, 2.24) is 4.98 Å². The summed E-state index contributed by atoms with van der Waals surface area (Å²) in [6.45, 7) is -0.488. The molecule has 0 aliphatic heterocycles. The van der Waals surface area contributed by atoms with Gasteiger partial charge in [0.25, 0.3) is 0 Å². The third-order valence-electron chi connectivity index (χ3n) is 2.16. The summed E-state index contributed by atoms with van der Waals surface area (Å²) in [5.74, 6) is -3.50. The number of aliphatic hydroxyl groups excluding tert-OH is 1. The van der Waals surface area contributed by atoms with Crippen LogP contribution in [-0.4, -0.2) is 10.1 Å². The minimum atomic E-state index is -0.976. The van der Waals surface area contributed by atoms with Crippen LogP contribution in [0.1, 0.15) is 5.56 Å². The summed E-state index contributed by atoms with van der Waals surface area (Å²) in [7, 11) is 0. The second-order valence-electron chi connectivity index (χ2n) is 3.46. The molecule has 0 amide bonds. The summed E-state index contributed by atoms with van der Waals surface area (Å²) >= 11 is 0. The molecule has 94 valence electrons. The predicted molar refractivity (Wildman–Crippen MR) is 56.5 cm³/mol. The van der Waals surface area contributed by atoms with E-state index in [9.17, 15) is 13.2 Å². The molecule has 0 fully saturated rings. The molecule has 1 aromatic carbocycles. The number of rotatable bonds is 3. The van der Waals surface area contributed by atoms with Gasteiger partial charge in [0.05, 0.1) is 6.61 Å². The molecule has 1 N–H and O–H groups in total. The normalized spacial score (nSPS) is 10.4. The second-order valence-corrected chi connectivity index (χ2v) is 3.46. The number of pyridine rings is 1. The summed E-state index contributed by atoms with van der Waals surface area (Å²) in [4.78, 5) is 3.29. The number of ether oxygens (including phenoxy) is 1. The number of hydrogen-bond donors (Lipinski definition) is 1. The van der Waals surface area contributed by atoms with Crippen LogP contribution in [0.15, 0.2) is 30.5 Å². The van der Waals surface area contributed by atoms with Gasteiger partial charge in [0.1, 0.15) is 5.75 Å². The first kappa shape index (κ1) is 12.4. The molecule has 6 heteroatoms. The number of benzene rings is 1. The molecule has 0 aliphatic rings. The summed E-state index contributed by atoms with van der Waals surface area (Å²) in [5.41, 5.74) is 0.0817. The van der Waals surface area contributed by atoms with E-state index in [1.807, 2.05) is 0 Å². The first-order valence-electron chi connectivity index (χ1n) is 4.98. The Morgan fingerprint density at radius 3 is 2.33 bits per heavy atom. The van der Waals surface area contributed by atoms with Crippen LogP contribution in [0, 0.1) is 17.6 Å². The maximum atomic E-state index is 13.5. The van der Waals surface area contributed by atoms with Crippen molar-refractivity contribution in [2.75, 3.05) is 0 Å². The highest BCUT2D eigenvalue weighted by Gasteiger charge is 2.13. The van der Waals surface area contributed by atoms with E-state index < -0.39 is 29.9 Å². The summed E-state index contributed by atoms with van der Waals surface area (Å²) in [6.07, 6.45) is 1.11. The molecule has 0 unspecified atom stereocenters. The quantitative estimate of drug-likeness (QED) is 0.857. The van der Waals surface area contributed by atoms with Gasteiger partial charge in [-0.1, -0.05) is 0 Å². The monoisotopic (exact) mass is 255 g/mol. The second kappa shape index (κ2) is 5.05. The first-order chi connectivity index (χ1) is 8.60. The summed E-state index contributed by atoms with van der Waals surface area (Å²) in [5, 5.41) is 8.77. The zero-order valence-electron chi connectivity index (χ0n) is 9.03. The molecule has 1 heterocycles. The summed E-state index contributed by atoms with van der Waals surface area (Å²) in [6, 6.07) is 4.05. The van der Waals surface area contributed by atoms with Crippen LogP contribution in [0.5, 0.6) is 11.5 Å². The average molecular weight is 255 g/mol. The van der Waals surface area contributed by atoms with Crippen LogP contribution in [0.3, 0.4) is 0 Å². The summed E-state index contributed by atoms with van der Waals surface area (Å²) < 4.78 is 44.7. The Hall–Kier alpha value is -2.08. The third-order valence-corrected chi connectivity index (χ3v) is 2.16. The van der Waals surface area contributed by atoms with E-state index in [2.05, 4.69) is 4.98 Å². The fraction of sp³-hybridized carbons (Fsp3) is 0.0833. The minimum absolute atomic E-state index is 0.0722. The van der Waals surface area contributed by atoms with Crippen LogP contribution in [-0.2, 0) is 6.61 Å². The van der Waals surface area contributed by atoms with Gasteiger partial charge >= 0.3 is 0 Å². The molecule has 0 spiro atoms. The van der Waals surface area contributed by atoms with Crippen LogP contribution >= 0.6 is 0 Å². The zero-order valence-corrected chi connectivity index (χ0v) is 9.03. The van der Waals surface area contributed by atoms with Gasteiger partial charge in [0, 0.05) is 12.3 Å². The Kier molecular flexibility index (Phi) is 3.47. The van der Waals surface area contributed by atoms with Gasteiger partial charge in [-0.2, -0.15) is 4.39 Å². The maximum Gasteiger partial charge on any atom is 0.216 e. The van der Waals surface area contributed by atoms with E-state index in [0.29, 0.717) is 0 Å². The van der Waals surface area contributed by atoms with Crippen LogP contribution in [0.2, 0.25) is 0 Å². The predicted octanol–water partition coefficient (Wildman–Crippen LogP) is 2.78. The van der Waals surface area contributed by atoms with Crippen molar-refractivity contribution in [3.8, 4) is 11.5 Å². The van der Waals surface area contributed by atoms with E-state index in [1.54, 1.807) is 0 Å². The Balaban J connectivity index is 2.35. The van der Waals surface area contributed by atoms with Gasteiger partial charge in [-0.05, 0) is 23.8 Å². The highest BCUT2D eigenvalue weighted by Crippen LogP contribution is 2.28. The van der Waals surface area contributed by atoms with Crippen molar-refractivity contribution < 1.29 is 23.0 Å². The molecule has 1 aromatic heterocycles. The lowest BCUT2D eigenvalue weighted by Gasteiger charge is -2.08. The smallest absolute Gasteiger partial charge is 0.216 e. The fourth-order valence-electron chi connectivity index (χ4n) is 1.37. The zero-order chi connectivity index (χ0) is 13.1. The van der Waals surface area contributed by atoms with Crippen LogP contribution in [0.25, 0.3) is 0 Å². The highest BCUT2D eigenvalue weighted by atomic mass is 19.1. The minimum Gasteiger partial charge on any atom is -0.451 e. The molecule has 3 nitrogen and oxygen atoms in total. The SMILES string of the molecule is OCc1cc(F)c(Oc2ccnc(F)c2)c(F)c1. The Morgan fingerprint density at radius 2 is 1.78 bits per heavy atom. The van der Waals surface area contributed by atoms with Crippen molar-refractivity contribution in [2.45, 2.75) is 6.61 Å². The van der Waals surface area contributed by atoms with E-state index >= 15 is 0 Å². The topological polar surface area (TPSA) is 42.4 Å². The lowest BCUT2D eigenvalue weighted by molar-refractivity contribution is 0.279. The molecular weight excluding hydrogens is 247 g/mol. The van der Waals surface area contributed by atoms with Crippen LogP contribution < -0.4 is 4.74 Å². The van der Waals surface area contributed by atoms with Gasteiger partial charge < -0.3 is 9.84 Å². The van der Waals surface area contributed by atoms with Crippen molar-refractivity contribution in [3.05, 3.63) is 53.6 Å². The molecule has 2 rings (SSSR count). The molecule has 0 radical (unpaired) electrons. The molecule has 18 heavy (non-hydrogen) atoms. The van der Waals surface area contributed by atoms with Gasteiger partial charge in [0.2, 0.25) is 5.95 Å². The number of hydrogen-bond acceptors (Lipinski definition) is 3.